The fourth-order valence-corrected chi connectivity index (χ4v) is 7.52. The molecule has 0 radical (unpaired) electrons. The molecule has 218 valence electrons. The summed E-state index contributed by atoms with van der Waals surface area (Å²) in [4.78, 5) is 0. The summed E-state index contributed by atoms with van der Waals surface area (Å²) in [5.41, 5.74) is 15.1. The van der Waals surface area contributed by atoms with Crippen LogP contribution in [0.25, 0.3) is 60.1 Å². The molecule has 0 amide bonds. The zero-order valence-corrected chi connectivity index (χ0v) is 27.6. The van der Waals surface area contributed by atoms with Gasteiger partial charge in [-0.1, -0.05) is 91.8 Å². The molecule has 3 aromatic heterocycles. The van der Waals surface area contributed by atoms with E-state index >= 15 is 0 Å². The van der Waals surface area contributed by atoms with Gasteiger partial charge in [0.25, 0.3) is 0 Å². The minimum absolute atomic E-state index is 0.429. The Morgan fingerprint density at radius 3 is 1.88 bits per heavy atom. The van der Waals surface area contributed by atoms with Gasteiger partial charge in [-0.25, -0.2) is 4.57 Å². The predicted octanol–water partition coefficient (Wildman–Crippen LogP) is 11.3. The summed E-state index contributed by atoms with van der Waals surface area (Å²) in [5, 5.41) is 6.69. The molecule has 2 heteroatoms. The summed E-state index contributed by atoms with van der Waals surface area (Å²) in [6, 6.07) is 24.1. The van der Waals surface area contributed by atoms with E-state index in [0.29, 0.717) is 23.7 Å². The average molecular weight is 566 g/mol. The Balaban J connectivity index is 1.74. The van der Waals surface area contributed by atoms with E-state index in [-0.39, 0.29) is 0 Å². The minimum atomic E-state index is 0.429. The monoisotopic (exact) mass is 565 g/mol. The van der Waals surface area contributed by atoms with E-state index in [1.807, 2.05) is 0 Å². The number of rotatable bonds is 5. The molecule has 0 unspecified atom stereocenters. The number of hydrogen-bond acceptors (Lipinski definition) is 0. The molecule has 2 nitrogen and oxygen atoms in total. The van der Waals surface area contributed by atoms with Crippen molar-refractivity contribution in [1.29, 1.82) is 0 Å². The van der Waals surface area contributed by atoms with Crippen LogP contribution in [0.4, 0.5) is 0 Å². The smallest absolute Gasteiger partial charge is 0.224 e. The predicted molar refractivity (Wildman–Crippen MR) is 186 cm³/mol. The third-order valence-electron chi connectivity index (χ3n) is 9.94. The third kappa shape index (κ3) is 4.02. The molecule has 3 heterocycles. The highest BCUT2D eigenvalue weighted by Crippen LogP contribution is 2.45. The number of pyridine rings is 2. The normalized spacial score (nSPS) is 12.8. The average Bonchev–Trinajstić information content (AvgIpc) is 3.30. The molecule has 4 aromatic carbocycles. The first-order valence-corrected chi connectivity index (χ1v) is 16.2. The number of benzene rings is 4. The van der Waals surface area contributed by atoms with Crippen molar-refractivity contribution in [3.05, 3.63) is 94.7 Å². The van der Waals surface area contributed by atoms with Crippen molar-refractivity contribution in [3.8, 4) is 11.1 Å². The molecule has 0 aliphatic carbocycles. The molecule has 0 bridgehead atoms. The summed E-state index contributed by atoms with van der Waals surface area (Å²) in [7, 11) is 2.21. The molecule has 0 saturated heterocycles. The van der Waals surface area contributed by atoms with E-state index < -0.39 is 0 Å². The number of fused-ring (bicyclic) bond motifs is 5. The van der Waals surface area contributed by atoms with E-state index in [1.165, 1.54) is 87.9 Å². The van der Waals surface area contributed by atoms with Crippen molar-refractivity contribution in [1.82, 2.24) is 4.40 Å². The molecular weight excluding hydrogens is 520 g/mol. The summed E-state index contributed by atoms with van der Waals surface area (Å²) in [5.74, 6) is 1.83. The van der Waals surface area contributed by atoms with Crippen molar-refractivity contribution >= 4 is 49.0 Å². The van der Waals surface area contributed by atoms with Crippen molar-refractivity contribution in [2.24, 2.45) is 7.05 Å². The zero-order chi connectivity index (χ0) is 30.5. The summed E-state index contributed by atoms with van der Waals surface area (Å²) < 4.78 is 4.94. The van der Waals surface area contributed by atoms with Crippen LogP contribution in [0, 0.1) is 6.92 Å². The van der Waals surface area contributed by atoms with Crippen LogP contribution in [0.1, 0.15) is 107 Å². The van der Waals surface area contributed by atoms with Crippen LogP contribution in [-0.4, -0.2) is 4.40 Å². The quantitative estimate of drug-likeness (QED) is 0.111. The Bertz CT molecular complexity index is 2170. The second-order valence-corrected chi connectivity index (χ2v) is 14.2. The van der Waals surface area contributed by atoms with Crippen LogP contribution in [0.3, 0.4) is 0 Å². The van der Waals surface area contributed by atoms with Gasteiger partial charge in [-0.15, -0.1) is 0 Å². The lowest BCUT2D eigenvalue weighted by atomic mass is 9.81. The van der Waals surface area contributed by atoms with Gasteiger partial charge in [0, 0.05) is 16.8 Å². The topological polar surface area (TPSA) is 8.29 Å². The van der Waals surface area contributed by atoms with Gasteiger partial charge < -0.3 is 4.40 Å². The lowest BCUT2D eigenvalue weighted by molar-refractivity contribution is -0.643. The molecule has 0 N–H and O–H groups in total. The molecule has 0 aliphatic heterocycles. The second kappa shape index (κ2) is 9.81. The van der Waals surface area contributed by atoms with Crippen molar-refractivity contribution < 1.29 is 4.57 Å². The highest BCUT2D eigenvalue weighted by molar-refractivity contribution is 6.26. The highest BCUT2D eigenvalue weighted by atomic mass is 15.0. The van der Waals surface area contributed by atoms with Crippen LogP contribution in [0.5, 0.6) is 0 Å². The Morgan fingerprint density at radius 1 is 0.605 bits per heavy atom. The first-order valence-electron chi connectivity index (χ1n) is 16.2. The molecule has 0 atom stereocenters. The summed E-state index contributed by atoms with van der Waals surface area (Å²) >= 11 is 0. The first kappa shape index (κ1) is 27.9. The van der Waals surface area contributed by atoms with E-state index in [0.717, 1.165) is 0 Å². The van der Waals surface area contributed by atoms with Gasteiger partial charge in [0.05, 0.1) is 27.3 Å². The van der Waals surface area contributed by atoms with Crippen molar-refractivity contribution in [3.63, 3.8) is 0 Å². The first-order chi connectivity index (χ1) is 20.5. The Kier molecular flexibility index (Phi) is 6.36. The highest BCUT2D eigenvalue weighted by Gasteiger charge is 2.26. The summed E-state index contributed by atoms with van der Waals surface area (Å²) in [6.07, 6.45) is 2.26. The molecule has 7 rings (SSSR count). The van der Waals surface area contributed by atoms with Crippen LogP contribution >= 0.6 is 0 Å². The molecule has 0 spiro atoms. The van der Waals surface area contributed by atoms with Crippen LogP contribution in [0.15, 0.2) is 66.9 Å². The van der Waals surface area contributed by atoms with E-state index in [1.54, 1.807) is 0 Å². The van der Waals surface area contributed by atoms with E-state index in [2.05, 4.69) is 145 Å². The molecule has 0 aliphatic rings. The van der Waals surface area contributed by atoms with Crippen LogP contribution < -0.4 is 4.57 Å². The van der Waals surface area contributed by atoms with Crippen LogP contribution in [-0.2, 0) is 7.05 Å². The van der Waals surface area contributed by atoms with Crippen LogP contribution in [0.2, 0.25) is 0 Å². The Morgan fingerprint density at radius 2 is 1.26 bits per heavy atom. The maximum absolute atomic E-state index is 2.60. The van der Waals surface area contributed by atoms with Gasteiger partial charge in [0.15, 0.2) is 6.20 Å². The third-order valence-corrected chi connectivity index (χ3v) is 9.94. The molecule has 7 aromatic rings. The standard InChI is InChI=1S/C41H45N2/c1-22(2)27-12-14-31-32-13-11-26(9)37-40(32)43(35(31)20-27)36-21-30(17-28-15-16-42(10)41(37)39(28)36)38-33(24(5)6)18-29(23(3)4)19-34(38)25(7)8/h11-25H,1-10H3/q+1. The van der Waals surface area contributed by atoms with Gasteiger partial charge >= 0.3 is 0 Å². The maximum Gasteiger partial charge on any atom is 0.224 e. The number of aromatic nitrogens is 2. The van der Waals surface area contributed by atoms with Gasteiger partial charge in [-0.05, 0) is 93.1 Å². The summed E-state index contributed by atoms with van der Waals surface area (Å²) in [6.45, 7) is 20.9. The van der Waals surface area contributed by atoms with Crippen molar-refractivity contribution in [2.75, 3.05) is 0 Å². The molecular formula is C41H45N2+. The fourth-order valence-electron chi connectivity index (χ4n) is 7.52. The zero-order valence-electron chi connectivity index (χ0n) is 27.6. The number of hydrogen-bond donors (Lipinski definition) is 0. The molecule has 0 fully saturated rings. The maximum atomic E-state index is 2.60. The fraction of sp³-hybridized carbons (Fsp3) is 0.341. The molecule has 43 heavy (non-hydrogen) atoms. The Labute approximate surface area is 256 Å². The van der Waals surface area contributed by atoms with E-state index in [9.17, 15) is 0 Å². The SMILES string of the molecule is Cc1ccc2c3ccc(C(C)C)cc3n3c4cc(-c5c(C(C)C)cc(C(C)C)cc5C(C)C)cc5cc[n+](C)c(c1c23)c54. The lowest BCUT2D eigenvalue weighted by Gasteiger charge is -2.24. The van der Waals surface area contributed by atoms with Gasteiger partial charge in [0.2, 0.25) is 5.52 Å². The molecule has 0 saturated carbocycles. The van der Waals surface area contributed by atoms with E-state index in [4.69, 9.17) is 0 Å². The number of nitrogens with zero attached hydrogens (tertiary/aromatic N) is 2. The Hall–Kier alpha value is -3.91. The minimum Gasteiger partial charge on any atom is -0.307 e. The van der Waals surface area contributed by atoms with Crippen molar-refractivity contribution in [2.45, 2.75) is 86.0 Å². The lowest BCUT2D eigenvalue weighted by Crippen LogP contribution is -2.28. The second-order valence-electron chi connectivity index (χ2n) is 14.2. The largest absolute Gasteiger partial charge is 0.307 e. The number of aryl methyl sites for hydroxylation is 2. The van der Waals surface area contributed by atoms with Gasteiger partial charge in [0.1, 0.15) is 7.05 Å². The van der Waals surface area contributed by atoms with Gasteiger partial charge in [-0.2, -0.15) is 0 Å². The van der Waals surface area contributed by atoms with Gasteiger partial charge in [-0.3, -0.25) is 0 Å².